The molecular formula is C23H21N7OS. The first-order chi connectivity index (χ1) is 15.5. The largest absolute Gasteiger partial charge is 0.320 e. The first-order valence-electron chi connectivity index (χ1n) is 10.2. The van der Waals surface area contributed by atoms with Crippen molar-refractivity contribution in [2.24, 2.45) is 0 Å². The normalized spacial score (nSPS) is 11.4. The minimum atomic E-state index is -0.234. The maximum Gasteiger partial charge on any atom is 0.256 e. The average Bonchev–Trinajstić information content (AvgIpc) is 3.54. The van der Waals surface area contributed by atoms with E-state index in [1.165, 1.54) is 4.88 Å². The van der Waals surface area contributed by atoms with E-state index in [1.54, 1.807) is 34.6 Å². The second-order valence-electron chi connectivity index (χ2n) is 7.70. The number of carbonyl (C=O) groups is 1. The van der Waals surface area contributed by atoms with Crippen LogP contribution in [0.1, 0.15) is 35.1 Å². The highest BCUT2D eigenvalue weighted by molar-refractivity contribution is 7.15. The van der Waals surface area contributed by atoms with Crippen molar-refractivity contribution in [3.8, 4) is 16.3 Å². The molecule has 1 aromatic carbocycles. The lowest BCUT2D eigenvalue weighted by atomic mass is 10.1. The number of amides is 1. The zero-order chi connectivity index (χ0) is 22.2. The van der Waals surface area contributed by atoms with Crippen LogP contribution < -0.4 is 5.32 Å². The average molecular weight is 444 g/mol. The molecule has 0 radical (unpaired) electrons. The lowest BCUT2D eigenvalue weighted by molar-refractivity contribution is 0.102. The Morgan fingerprint density at radius 2 is 2.00 bits per heavy atom. The van der Waals surface area contributed by atoms with Crippen molar-refractivity contribution in [3.63, 3.8) is 0 Å². The summed E-state index contributed by atoms with van der Waals surface area (Å²) in [6.07, 6.45) is 5.05. The van der Waals surface area contributed by atoms with Gasteiger partial charge in [-0.1, -0.05) is 17.3 Å². The Morgan fingerprint density at radius 1 is 1.16 bits per heavy atom. The maximum absolute atomic E-state index is 13.5. The number of thiophene rings is 1. The number of aryl methyl sites for hydroxylation is 1. The zero-order valence-corrected chi connectivity index (χ0v) is 18.7. The number of pyridine rings is 1. The number of aromatic nitrogens is 6. The van der Waals surface area contributed by atoms with E-state index in [9.17, 15) is 4.79 Å². The third kappa shape index (κ3) is 3.56. The quantitative estimate of drug-likeness (QED) is 0.418. The van der Waals surface area contributed by atoms with Crippen LogP contribution in [0.2, 0.25) is 0 Å². The van der Waals surface area contributed by atoms with Crippen LogP contribution in [-0.2, 0) is 0 Å². The number of nitrogens with zero attached hydrogens (tertiary/aromatic N) is 6. The third-order valence-corrected chi connectivity index (χ3v) is 6.14. The molecule has 0 aliphatic carbocycles. The lowest BCUT2D eigenvalue weighted by Gasteiger charge is -2.12. The second kappa shape index (κ2) is 8.01. The van der Waals surface area contributed by atoms with E-state index in [0.717, 1.165) is 16.3 Å². The van der Waals surface area contributed by atoms with Gasteiger partial charge in [-0.05, 0) is 51.1 Å². The van der Waals surface area contributed by atoms with Crippen LogP contribution >= 0.6 is 11.3 Å². The number of rotatable bonds is 5. The predicted octanol–water partition coefficient (Wildman–Crippen LogP) is 4.88. The Kier molecular flexibility index (Phi) is 5.02. The molecule has 5 aromatic rings. The predicted molar refractivity (Wildman–Crippen MR) is 125 cm³/mol. The molecular weight excluding hydrogens is 422 g/mol. The van der Waals surface area contributed by atoms with E-state index in [4.69, 9.17) is 4.98 Å². The molecule has 0 spiro atoms. The first kappa shape index (κ1) is 20.1. The molecule has 0 bridgehead atoms. The van der Waals surface area contributed by atoms with Gasteiger partial charge < -0.3 is 5.32 Å². The molecule has 0 aliphatic rings. The Labute approximate surface area is 188 Å². The van der Waals surface area contributed by atoms with Crippen molar-refractivity contribution in [1.82, 2.24) is 29.8 Å². The SMILES string of the molecule is Cc1ccc(-c2cc(C(=O)Nc3ccccc3-n3ccnn3)c3cnn(C(C)C)c3n2)s1. The molecule has 1 amide bonds. The van der Waals surface area contributed by atoms with Crippen LogP contribution in [-0.4, -0.2) is 35.7 Å². The summed E-state index contributed by atoms with van der Waals surface area (Å²) in [6.45, 7) is 6.15. The summed E-state index contributed by atoms with van der Waals surface area (Å²) in [5.74, 6) is -0.234. The molecule has 0 unspecified atom stereocenters. The van der Waals surface area contributed by atoms with Crippen LogP contribution in [0.5, 0.6) is 0 Å². The summed E-state index contributed by atoms with van der Waals surface area (Å²) in [6, 6.07) is 13.5. The van der Waals surface area contributed by atoms with Gasteiger partial charge in [0.15, 0.2) is 5.65 Å². The van der Waals surface area contributed by atoms with Crippen LogP contribution in [0.15, 0.2) is 61.1 Å². The molecule has 4 heterocycles. The summed E-state index contributed by atoms with van der Waals surface area (Å²) >= 11 is 1.65. The number of benzene rings is 1. The molecule has 0 atom stereocenters. The van der Waals surface area contributed by atoms with Gasteiger partial charge >= 0.3 is 0 Å². The number of fused-ring (bicyclic) bond motifs is 1. The standard InChI is InChI=1S/C23H21N7OS/c1-14(2)30-22-17(13-25-30)16(12-19(26-22)21-9-8-15(3)32-21)23(31)27-18-6-4-5-7-20(18)29-11-10-24-28-29/h4-14H,1-3H3,(H,27,31). The van der Waals surface area contributed by atoms with E-state index in [2.05, 4.69) is 33.7 Å². The van der Waals surface area contributed by atoms with Crippen molar-refractivity contribution in [1.29, 1.82) is 0 Å². The summed E-state index contributed by atoms with van der Waals surface area (Å²) in [5.41, 5.74) is 3.34. The molecule has 32 heavy (non-hydrogen) atoms. The number of anilines is 1. The van der Waals surface area contributed by atoms with Gasteiger partial charge in [-0.25, -0.2) is 14.3 Å². The molecule has 9 heteroatoms. The fourth-order valence-electron chi connectivity index (χ4n) is 3.59. The van der Waals surface area contributed by atoms with Gasteiger partial charge in [0.1, 0.15) is 0 Å². The van der Waals surface area contributed by atoms with Gasteiger partial charge in [0.25, 0.3) is 5.91 Å². The van der Waals surface area contributed by atoms with Crippen molar-refractivity contribution in [3.05, 3.63) is 71.5 Å². The van der Waals surface area contributed by atoms with Crippen molar-refractivity contribution >= 4 is 34.0 Å². The van der Waals surface area contributed by atoms with E-state index < -0.39 is 0 Å². The van der Waals surface area contributed by atoms with Gasteiger partial charge in [-0.3, -0.25) is 4.79 Å². The third-order valence-electron chi connectivity index (χ3n) is 5.11. The molecule has 4 aromatic heterocycles. The minimum absolute atomic E-state index is 0.115. The number of carbonyl (C=O) groups excluding carboxylic acids is 1. The highest BCUT2D eigenvalue weighted by Crippen LogP contribution is 2.31. The Hall–Kier alpha value is -3.85. The summed E-state index contributed by atoms with van der Waals surface area (Å²) in [5, 5.41) is 16.2. The van der Waals surface area contributed by atoms with Gasteiger partial charge in [0.05, 0.1) is 51.5 Å². The maximum atomic E-state index is 13.5. The van der Waals surface area contributed by atoms with Crippen LogP contribution in [0, 0.1) is 6.92 Å². The summed E-state index contributed by atoms with van der Waals surface area (Å²) < 4.78 is 3.47. The molecule has 160 valence electrons. The van der Waals surface area contributed by atoms with E-state index in [0.29, 0.717) is 22.3 Å². The van der Waals surface area contributed by atoms with Crippen LogP contribution in [0.4, 0.5) is 5.69 Å². The summed E-state index contributed by atoms with van der Waals surface area (Å²) in [4.78, 5) is 20.6. The number of para-hydroxylation sites is 2. The van der Waals surface area contributed by atoms with Crippen LogP contribution in [0.25, 0.3) is 27.3 Å². The van der Waals surface area contributed by atoms with Gasteiger partial charge in [-0.15, -0.1) is 16.4 Å². The van der Waals surface area contributed by atoms with Gasteiger partial charge in [0, 0.05) is 10.9 Å². The van der Waals surface area contributed by atoms with Crippen molar-refractivity contribution < 1.29 is 4.79 Å². The number of hydrogen-bond acceptors (Lipinski definition) is 6. The summed E-state index contributed by atoms with van der Waals surface area (Å²) in [7, 11) is 0. The fraction of sp³-hybridized carbons (Fsp3) is 0.174. The molecule has 0 saturated carbocycles. The Morgan fingerprint density at radius 3 is 2.72 bits per heavy atom. The number of nitrogens with one attached hydrogen (secondary N) is 1. The van der Waals surface area contributed by atoms with Gasteiger partial charge in [0.2, 0.25) is 0 Å². The minimum Gasteiger partial charge on any atom is -0.320 e. The Bertz CT molecular complexity index is 1420. The van der Waals surface area contributed by atoms with Gasteiger partial charge in [-0.2, -0.15) is 5.10 Å². The highest BCUT2D eigenvalue weighted by atomic mass is 32.1. The zero-order valence-electron chi connectivity index (χ0n) is 17.9. The smallest absolute Gasteiger partial charge is 0.256 e. The van der Waals surface area contributed by atoms with E-state index in [1.807, 2.05) is 54.9 Å². The molecule has 8 nitrogen and oxygen atoms in total. The van der Waals surface area contributed by atoms with Crippen molar-refractivity contribution in [2.45, 2.75) is 26.8 Å². The fourth-order valence-corrected chi connectivity index (χ4v) is 4.42. The van der Waals surface area contributed by atoms with Crippen LogP contribution in [0.3, 0.4) is 0 Å². The van der Waals surface area contributed by atoms with E-state index in [-0.39, 0.29) is 11.9 Å². The molecule has 5 rings (SSSR count). The first-order valence-corrected chi connectivity index (χ1v) is 11.0. The molecule has 0 aliphatic heterocycles. The topological polar surface area (TPSA) is 90.5 Å². The van der Waals surface area contributed by atoms with E-state index >= 15 is 0 Å². The molecule has 1 N–H and O–H groups in total. The monoisotopic (exact) mass is 443 g/mol. The number of hydrogen-bond donors (Lipinski definition) is 1. The highest BCUT2D eigenvalue weighted by Gasteiger charge is 2.20. The van der Waals surface area contributed by atoms with Crippen molar-refractivity contribution in [2.75, 3.05) is 5.32 Å². The lowest BCUT2D eigenvalue weighted by Crippen LogP contribution is -2.15. The second-order valence-corrected chi connectivity index (χ2v) is 8.99. The molecule has 0 saturated heterocycles. The molecule has 0 fully saturated rings. The Balaban J connectivity index is 1.62.